The maximum atomic E-state index is 13.0. The van der Waals surface area contributed by atoms with Crippen LogP contribution in [0.1, 0.15) is 32.3 Å². The van der Waals surface area contributed by atoms with E-state index in [1.165, 1.54) is 11.0 Å². The molecule has 0 aliphatic carbocycles. The second-order valence-electron chi connectivity index (χ2n) is 6.80. The largest absolute Gasteiger partial charge is 0.482 e. The van der Waals surface area contributed by atoms with Gasteiger partial charge < -0.3 is 15.0 Å². The Morgan fingerprint density at radius 1 is 1.10 bits per heavy atom. The molecule has 30 heavy (non-hydrogen) atoms. The fourth-order valence-corrected chi connectivity index (χ4v) is 3.40. The Morgan fingerprint density at radius 3 is 2.50 bits per heavy atom. The van der Waals surface area contributed by atoms with Gasteiger partial charge >= 0.3 is 0 Å². The average molecular weight is 472 g/mol. The summed E-state index contributed by atoms with van der Waals surface area (Å²) in [4.78, 5) is 27.0. The number of carbonyl (C=O) groups excluding carboxylic acids is 2. The highest BCUT2D eigenvalue weighted by atomic mass is 35.5. The SMILES string of the molecule is CCCCNC(=O)C(C)N(Cc1ccccc1Cl)C(=O)COc1ccc(Cl)cc1Cl. The van der Waals surface area contributed by atoms with Crippen molar-refractivity contribution < 1.29 is 14.3 Å². The molecule has 2 aromatic rings. The Bertz CT molecular complexity index is 876. The van der Waals surface area contributed by atoms with Crippen molar-refractivity contribution in [2.24, 2.45) is 0 Å². The van der Waals surface area contributed by atoms with Crippen molar-refractivity contribution in [3.63, 3.8) is 0 Å². The van der Waals surface area contributed by atoms with Crippen LogP contribution in [0.25, 0.3) is 0 Å². The Hall–Kier alpha value is -1.95. The fourth-order valence-electron chi connectivity index (χ4n) is 2.74. The third-order valence-electron chi connectivity index (χ3n) is 4.54. The molecule has 1 N–H and O–H groups in total. The average Bonchev–Trinajstić information content (AvgIpc) is 2.72. The Labute approximate surface area is 192 Å². The molecule has 1 unspecified atom stereocenters. The van der Waals surface area contributed by atoms with E-state index in [1.54, 1.807) is 25.1 Å². The third-order valence-corrected chi connectivity index (χ3v) is 5.44. The highest BCUT2D eigenvalue weighted by Crippen LogP contribution is 2.27. The van der Waals surface area contributed by atoms with E-state index in [1.807, 2.05) is 25.1 Å². The third kappa shape index (κ3) is 7.08. The molecule has 0 bridgehead atoms. The minimum absolute atomic E-state index is 0.179. The first-order chi connectivity index (χ1) is 14.3. The first kappa shape index (κ1) is 24.3. The Balaban J connectivity index is 2.15. The van der Waals surface area contributed by atoms with Crippen LogP contribution < -0.4 is 10.1 Å². The molecule has 0 saturated carbocycles. The number of hydrogen-bond acceptors (Lipinski definition) is 3. The highest BCUT2D eigenvalue weighted by Gasteiger charge is 2.27. The van der Waals surface area contributed by atoms with Crippen LogP contribution in [0, 0.1) is 0 Å². The second kappa shape index (κ2) is 12.0. The van der Waals surface area contributed by atoms with Crippen molar-refractivity contribution in [2.75, 3.05) is 13.2 Å². The number of benzene rings is 2. The first-order valence-electron chi connectivity index (χ1n) is 9.72. The molecule has 8 heteroatoms. The number of nitrogens with zero attached hydrogens (tertiary/aromatic N) is 1. The van der Waals surface area contributed by atoms with E-state index in [0.717, 1.165) is 18.4 Å². The second-order valence-corrected chi connectivity index (χ2v) is 8.05. The van der Waals surface area contributed by atoms with Crippen molar-refractivity contribution in [1.82, 2.24) is 10.2 Å². The van der Waals surface area contributed by atoms with Crippen LogP contribution in [0.2, 0.25) is 15.1 Å². The van der Waals surface area contributed by atoms with Gasteiger partial charge in [0, 0.05) is 23.1 Å². The molecule has 1 atom stereocenters. The summed E-state index contributed by atoms with van der Waals surface area (Å²) in [6.45, 7) is 4.19. The van der Waals surface area contributed by atoms with E-state index in [4.69, 9.17) is 39.5 Å². The van der Waals surface area contributed by atoms with Crippen molar-refractivity contribution in [2.45, 2.75) is 39.3 Å². The van der Waals surface area contributed by atoms with E-state index < -0.39 is 6.04 Å². The van der Waals surface area contributed by atoms with Gasteiger partial charge in [-0.05, 0) is 43.2 Å². The summed E-state index contributed by atoms with van der Waals surface area (Å²) >= 11 is 18.3. The lowest BCUT2D eigenvalue weighted by Gasteiger charge is -2.29. The molecule has 0 radical (unpaired) electrons. The minimum atomic E-state index is -0.699. The minimum Gasteiger partial charge on any atom is -0.482 e. The first-order valence-corrected chi connectivity index (χ1v) is 10.8. The molecule has 2 aromatic carbocycles. The molecular formula is C22H25Cl3N2O3. The summed E-state index contributed by atoms with van der Waals surface area (Å²) in [6, 6.07) is 11.3. The summed E-state index contributed by atoms with van der Waals surface area (Å²) in [7, 11) is 0. The normalized spacial score (nSPS) is 11.6. The van der Waals surface area contributed by atoms with Crippen LogP contribution in [0.3, 0.4) is 0 Å². The van der Waals surface area contributed by atoms with Crippen molar-refractivity contribution in [1.29, 1.82) is 0 Å². The van der Waals surface area contributed by atoms with Gasteiger partial charge in [0.15, 0.2) is 6.61 Å². The summed E-state index contributed by atoms with van der Waals surface area (Å²) in [5.74, 6) is -0.250. The molecule has 0 heterocycles. The van der Waals surface area contributed by atoms with E-state index in [-0.39, 0.29) is 25.0 Å². The monoisotopic (exact) mass is 470 g/mol. The van der Waals surface area contributed by atoms with E-state index in [0.29, 0.717) is 27.4 Å². The van der Waals surface area contributed by atoms with Crippen LogP contribution in [0.4, 0.5) is 0 Å². The predicted molar refractivity (Wildman–Crippen MR) is 121 cm³/mol. The summed E-state index contributed by atoms with van der Waals surface area (Å²) < 4.78 is 5.58. The van der Waals surface area contributed by atoms with Gasteiger partial charge in [0.1, 0.15) is 11.8 Å². The van der Waals surface area contributed by atoms with Crippen LogP contribution in [-0.4, -0.2) is 35.9 Å². The smallest absolute Gasteiger partial charge is 0.261 e. The van der Waals surface area contributed by atoms with Gasteiger partial charge in [-0.25, -0.2) is 0 Å². The Kier molecular flexibility index (Phi) is 9.76. The lowest BCUT2D eigenvalue weighted by Crippen LogP contribution is -2.49. The lowest BCUT2D eigenvalue weighted by atomic mass is 10.1. The Morgan fingerprint density at radius 2 is 1.83 bits per heavy atom. The van der Waals surface area contributed by atoms with Crippen LogP contribution >= 0.6 is 34.8 Å². The van der Waals surface area contributed by atoms with Crippen molar-refractivity contribution >= 4 is 46.6 Å². The van der Waals surface area contributed by atoms with Gasteiger partial charge in [0.25, 0.3) is 5.91 Å². The molecule has 0 saturated heterocycles. The van der Waals surface area contributed by atoms with Crippen molar-refractivity contribution in [3.05, 3.63) is 63.1 Å². The molecule has 0 aliphatic rings. The molecule has 0 spiro atoms. The zero-order valence-corrected chi connectivity index (χ0v) is 19.2. The van der Waals surface area contributed by atoms with Gasteiger partial charge in [-0.2, -0.15) is 0 Å². The molecule has 0 fully saturated rings. The lowest BCUT2D eigenvalue weighted by molar-refractivity contribution is -0.142. The van der Waals surface area contributed by atoms with Crippen LogP contribution in [0.5, 0.6) is 5.75 Å². The number of hydrogen-bond donors (Lipinski definition) is 1. The number of nitrogens with one attached hydrogen (secondary N) is 1. The van der Waals surface area contributed by atoms with Gasteiger partial charge in [-0.1, -0.05) is 66.3 Å². The molecular weight excluding hydrogens is 447 g/mol. The number of unbranched alkanes of at least 4 members (excludes halogenated alkanes) is 1. The predicted octanol–water partition coefficient (Wildman–Crippen LogP) is 5.36. The standard InChI is InChI=1S/C22H25Cl3N2O3/c1-3-4-11-26-22(29)15(2)27(13-16-7-5-6-8-18(16)24)21(28)14-30-20-10-9-17(23)12-19(20)25/h5-10,12,15H,3-4,11,13-14H2,1-2H3,(H,26,29). The molecule has 162 valence electrons. The molecule has 2 amide bonds. The number of ether oxygens (including phenoxy) is 1. The van der Waals surface area contributed by atoms with E-state index in [2.05, 4.69) is 5.32 Å². The van der Waals surface area contributed by atoms with Crippen molar-refractivity contribution in [3.8, 4) is 5.75 Å². The van der Waals surface area contributed by atoms with E-state index in [9.17, 15) is 9.59 Å². The van der Waals surface area contributed by atoms with E-state index >= 15 is 0 Å². The van der Waals surface area contributed by atoms with Gasteiger partial charge in [0.2, 0.25) is 5.91 Å². The zero-order valence-electron chi connectivity index (χ0n) is 17.0. The van der Waals surface area contributed by atoms with Gasteiger partial charge in [0.05, 0.1) is 5.02 Å². The number of amides is 2. The zero-order chi connectivity index (χ0) is 22.1. The van der Waals surface area contributed by atoms with Gasteiger partial charge in [-0.15, -0.1) is 0 Å². The molecule has 0 aliphatic heterocycles. The molecule has 5 nitrogen and oxygen atoms in total. The number of rotatable bonds is 10. The molecule has 0 aromatic heterocycles. The van der Waals surface area contributed by atoms with Gasteiger partial charge in [-0.3, -0.25) is 9.59 Å². The number of carbonyl (C=O) groups is 2. The number of halogens is 3. The summed E-state index contributed by atoms with van der Waals surface area (Å²) in [5.41, 5.74) is 0.741. The summed E-state index contributed by atoms with van der Waals surface area (Å²) in [5, 5.41) is 4.16. The fraction of sp³-hybridized carbons (Fsp3) is 0.364. The quantitative estimate of drug-likeness (QED) is 0.475. The molecule has 2 rings (SSSR count). The highest BCUT2D eigenvalue weighted by molar-refractivity contribution is 6.35. The van der Waals surface area contributed by atoms with Crippen LogP contribution in [0.15, 0.2) is 42.5 Å². The van der Waals surface area contributed by atoms with Crippen LogP contribution in [-0.2, 0) is 16.1 Å². The summed E-state index contributed by atoms with van der Waals surface area (Å²) in [6.07, 6.45) is 1.84. The maximum Gasteiger partial charge on any atom is 0.261 e. The topological polar surface area (TPSA) is 58.6 Å². The maximum absolute atomic E-state index is 13.0.